The number of nitrogens with two attached hydrogens (primary N) is 1. The molecule has 0 saturated heterocycles. The molecular formula is C14H10ClN3O2. The second kappa shape index (κ2) is 5.51. The molecular weight excluding hydrogens is 278 g/mol. The summed E-state index contributed by atoms with van der Waals surface area (Å²) in [6.45, 7) is 0. The highest BCUT2D eigenvalue weighted by molar-refractivity contribution is 6.33. The second-order valence-corrected chi connectivity index (χ2v) is 4.45. The summed E-state index contributed by atoms with van der Waals surface area (Å²) >= 11 is 6.02. The van der Waals surface area contributed by atoms with Gasteiger partial charge in [0.1, 0.15) is 0 Å². The van der Waals surface area contributed by atoms with Gasteiger partial charge in [0.05, 0.1) is 33.6 Å². The molecule has 0 aliphatic rings. The number of carbonyl (C=O) groups is 1. The number of rotatable bonds is 3. The molecule has 0 radical (unpaired) electrons. The number of hydrogen-bond donors (Lipinski definition) is 3. The number of nitrogens with one attached hydrogen (secondary N) is 1. The van der Waals surface area contributed by atoms with Gasteiger partial charge in [-0.2, -0.15) is 5.26 Å². The van der Waals surface area contributed by atoms with Crippen LogP contribution < -0.4 is 11.1 Å². The average Bonchev–Trinajstić information content (AvgIpc) is 2.42. The van der Waals surface area contributed by atoms with Crippen molar-refractivity contribution in [2.75, 3.05) is 11.1 Å². The molecule has 0 aliphatic carbocycles. The van der Waals surface area contributed by atoms with Crippen LogP contribution in [0.5, 0.6) is 0 Å². The van der Waals surface area contributed by atoms with Gasteiger partial charge in [-0.25, -0.2) is 4.79 Å². The first-order valence-electron chi connectivity index (χ1n) is 5.61. The van der Waals surface area contributed by atoms with Crippen molar-refractivity contribution < 1.29 is 9.90 Å². The Balaban J connectivity index is 2.45. The highest BCUT2D eigenvalue weighted by atomic mass is 35.5. The predicted octanol–water partition coefficient (Wildman–Crippen LogP) is 3.24. The fourth-order valence-corrected chi connectivity index (χ4v) is 1.85. The van der Waals surface area contributed by atoms with Gasteiger partial charge in [-0.3, -0.25) is 0 Å². The van der Waals surface area contributed by atoms with Crippen LogP contribution in [0, 0.1) is 11.3 Å². The average molecular weight is 288 g/mol. The van der Waals surface area contributed by atoms with Gasteiger partial charge >= 0.3 is 5.97 Å². The van der Waals surface area contributed by atoms with E-state index in [2.05, 4.69) is 5.32 Å². The molecule has 100 valence electrons. The number of nitrogen functional groups attached to an aromatic ring is 1. The third-order valence-corrected chi connectivity index (χ3v) is 2.97. The fourth-order valence-electron chi connectivity index (χ4n) is 1.68. The summed E-state index contributed by atoms with van der Waals surface area (Å²) in [5.41, 5.74) is 7.18. The van der Waals surface area contributed by atoms with Crippen molar-refractivity contribution in [3.8, 4) is 6.07 Å². The van der Waals surface area contributed by atoms with Crippen molar-refractivity contribution in [1.82, 2.24) is 0 Å². The lowest BCUT2D eigenvalue weighted by Gasteiger charge is -2.12. The standard InChI is InChI=1S/C14H10ClN3O2/c15-11-3-1-8(7-16)5-13(11)18-12-4-2-9(17)6-10(12)14(19)20/h1-6,18H,17H2,(H,19,20). The van der Waals surface area contributed by atoms with Gasteiger partial charge in [-0.05, 0) is 36.4 Å². The van der Waals surface area contributed by atoms with Crippen LogP contribution in [0.3, 0.4) is 0 Å². The van der Waals surface area contributed by atoms with E-state index in [0.717, 1.165) is 0 Å². The molecule has 6 heteroatoms. The topological polar surface area (TPSA) is 99.1 Å². The van der Waals surface area contributed by atoms with Crippen molar-refractivity contribution in [2.24, 2.45) is 0 Å². The largest absolute Gasteiger partial charge is 0.478 e. The summed E-state index contributed by atoms with van der Waals surface area (Å²) in [7, 11) is 0. The number of anilines is 3. The Labute approximate surface area is 120 Å². The molecule has 0 fully saturated rings. The zero-order valence-electron chi connectivity index (χ0n) is 10.2. The van der Waals surface area contributed by atoms with Crippen molar-refractivity contribution in [3.05, 3.63) is 52.5 Å². The van der Waals surface area contributed by atoms with Crippen molar-refractivity contribution in [2.45, 2.75) is 0 Å². The number of nitriles is 1. The molecule has 0 unspecified atom stereocenters. The molecule has 20 heavy (non-hydrogen) atoms. The van der Waals surface area contributed by atoms with Gasteiger partial charge in [0.25, 0.3) is 0 Å². The van der Waals surface area contributed by atoms with E-state index in [0.29, 0.717) is 27.6 Å². The molecule has 2 aromatic carbocycles. The Morgan fingerprint density at radius 1 is 1.25 bits per heavy atom. The molecule has 2 rings (SSSR count). The Hall–Kier alpha value is -2.71. The van der Waals surface area contributed by atoms with Gasteiger partial charge in [-0.15, -0.1) is 0 Å². The molecule has 4 N–H and O–H groups in total. The number of aromatic carboxylic acids is 1. The maximum atomic E-state index is 11.2. The fraction of sp³-hybridized carbons (Fsp3) is 0. The number of halogens is 1. The highest BCUT2D eigenvalue weighted by Gasteiger charge is 2.12. The second-order valence-electron chi connectivity index (χ2n) is 4.04. The van der Waals surface area contributed by atoms with Crippen LogP contribution in [0.15, 0.2) is 36.4 Å². The highest BCUT2D eigenvalue weighted by Crippen LogP contribution is 2.29. The minimum Gasteiger partial charge on any atom is -0.478 e. The first-order valence-corrected chi connectivity index (χ1v) is 5.98. The number of nitrogens with zero attached hydrogens (tertiary/aromatic N) is 1. The molecule has 0 aromatic heterocycles. The van der Waals surface area contributed by atoms with Gasteiger partial charge in [0, 0.05) is 5.69 Å². The minimum absolute atomic E-state index is 0.0310. The smallest absolute Gasteiger partial charge is 0.337 e. The lowest BCUT2D eigenvalue weighted by molar-refractivity contribution is 0.0698. The summed E-state index contributed by atoms with van der Waals surface area (Å²) < 4.78 is 0. The quantitative estimate of drug-likeness (QED) is 0.753. The van der Waals surface area contributed by atoms with Crippen molar-refractivity contribution in [3.63, 3.8) is 0 Å². The van der Waals surface area contributed by atoms with Gasteiger partial charge in [0.15, 0.2) is 0 Å². The molecule has 0 aliphatic heterocycles. The minimum atomic E-state index is -1.10. The van der Waals surface area contributed by atoms with E-state index in [1.807, 2.05) is 6.07 Å². The zero-order valence-corrected chi connectivity index (χ0v) is 11.0. The van der Waals surface area contributed by atoms with Crippen LogP contribution in [0.25, 0.3) is 0 Å². The van der Waals surface area contributed by atoms with Crippen molar-refractivity contribution in [1.29, 1.82) is 5.26 Å². The lowest BCUT2D eigenvalue weighted by Crippen LogP contribution is -2.04. The van der Waals surface area contributed by atoms with E-state index in [1.54, 1.807) is 30.3 Å². The Morgan fingerprint density at radius 3 is 2.65 bits per heavy atom. The Kier molecular flexibility index (Phi) is 3.78. The predicted molar refractivity (Wildman–Crippen MR) is 77.3 cm³/mol. The SMILES string of the molecule is N#Cc1ccc(Cl)c(Nc2ccc(N)cc2C(=O)O)c1. The maximum Gasteiger partial charge on any atom is 0.337 e. The van der Waals surface area contributed by atoms with Crippen LogP contribution in [0.4, 0.5) is 17.1 Å². The van der Waals surface area contributed by atoms with E-state index in [4.69, 9.17) is 27.7 Å². The van der Waals surface area contributed by atoms with Crippen molar-refractivity contribution >= 4 is 34.6 Å². The Bertz CT molecular complexity index is 723. The summed E-state index contributed by atoms with van der Waals surface area (Å²) in [4.78, 5) is 11.2. The van der Waals surface area contributed by atoms with Crippen LogP contribution in [-0.2, 0) is 0 Å². The summed E-state index contributed by atoms with van der Waals surface area (Å²) in [6.07, 6.45) is 0. The first-order chi connectivity index (χ1) is 9.51. The molecule has 0 atom stereocenters. The number of hydrogen-bond acceptors (Lipinski definition) is 4. The van der Waals surface area contributed by atoms with Gasteiger partial charge < -0.3 is 16.2 Å². The zero-order chi connectivity index (χ0) is 14.7. The molecule has 5 nitrogen and oxygen atoms in total. The van der Waals surface area contributed by atoms with Crippen LogP contribution in [0.1, 0.15) is 15.9 Å². The van der Waals surface area contributed by atoms with E-state index < -0.39 is 5.97 Å². The van der Waals surface area contributed by atoms with E-state index in [-0.39, 0.29) is 5.56 Å². The molecule has 0 spiro atoms. The molecule has 0 amide bonds. The first kappa shape index (κ1) is 13.7. The number of carboxylic acids is 1. The number of benzene rings is 2. The van der Waals surface area contributed by atoms with E-state index >= 15 is 0 Å². The Morgan fingerprint density at radius 2 is 2.00 bits per heavy atom. The number of carboxylic acid groups (broad SMARTS) is 1. The van der Waals surface area contributed by atoms with E-state index in [1.165, 1.54) is 6.07 Å². The van der Waals surface area contributed by atoms with Crippen LogP contribution >= 0.6 is 11.6 Å². The third-order valence-electron chi connectivity index (χ3n) is 2.64. The molecule has 2 aromatic rings. The summed E-state index contributed by atoms with van der Waals surface area (Å²) in [5, 5.41) is 21.3. The molecule has 0 bridgehead atoms. The van der Waals surface area contributed by atoms with E-state index in [9.17, 15) is 4.79 Å². The third kappa shape index (κ3) is 2.82. The monoisotopic (exact) mass is 287 g/mol. The van der Waals surface area contributed by atoms with Crippen LogP contribution in [-0.4, -0.2) is 11.1 Å². The maximum absolute atomic E-state index is 11.2. The summed E-state index contributed by atoms with van der Waals surface area (Å²) in [5.74, 6) is -1.10. The molecule has 0 heterocycles. The van der Waals surface area contributed by atoms with Crippen LogP contribution in [0.2, 0.25) is 5.02 Å². The lowest BCUT2D eigenvalue weighted by atomic mass is 10.1. The van der Waals surface area contributed by atoms with Gasteiger partial charge in [0.2, 0.25) is 0 Å². The molecule has 0 saturated carbocycles. The normalized spacial score (nSPS) is 9.80. The summed E-state index contributed by atoms with van der Waals surface area (Å²) in [6, 6.07) is 11.2. The van der Waals surface area contributed by atoms with Gasteiger partial charge in [-0.1, -0.05) is 11.6 Å².